The van der Waals surface area contributed by atoms with E-state index in [9.17, 15) is 4.79 Å². The predicted molar refractivity (Wildman–Crippen MR) is 103 cm³/mol. The van der Waals surface area contributed by atoms with Gasteiger partial charge in [0.15, 0.2) is 0 Å². The summed E-state index contributed by atoms with van der Waals surface area (Å²) >= 11 is 6.14. The number of hydrazine groups is 1. The number of carbonyl (C=O) groups is 1. The van der Waals surface area contributed by atoms with Crippen molar-refractivity contribution in [3.63, 3.8) is 0 Å². The SMILES string of the molecule is CCC1NNC(c2cccc(Cl)c2)C1NC(=O)Cc1cccc(OC)c1. The van der Waals surface area contributed by atoms with E-state index in [0.29, 0.717) is 11.4 Å². The van der Waals surface area contributed by atoms with E-state index < -0.39 is 0 Å². The van der Waals surface area contributed by atoms with E-state index in [-0.39, 0.29) is 24.0 Å². The molecule has 0 bridgehead atoms. The van der Waals surface area contributed by atoms with Crippen LogP contribution in [0.4, 0.5) is 0 Å². The summed E-state index contributed by atoms with van der Waals surface area (Å²) in [5.74, 6) is 0.738. The van der Waals surface area contributed by atoms with Crippen molar-refractivity contribution >= 4 is 17.5 Å². The van der Waals surface area contributed by atoms with Crippen LogP contribution in [0.5, 0.6) is 5.75 Å². The maximum atomic E-state index is 12.6. The van der Waals surface area contributed by atoms with Crippen molar-refractivity contribution in [1.29, 1.82) is 0 Å². The Morgan fingerprint density at radius 2 is 2.00 bits per heavy atom. The van der Waals surface area contributed by atoms with Gasteiger partial charge in [0.1, 0.15) is 5.75 Å². The number of rotatable bonds is 6. The second-order valence-corrected chi connectivity index (χ2v) is 6.89. The van der Waals surface area contributed by atoms with Gasteiger partial charge in [-0.3, -0.25) is 10.2 Å². The molecular weight excluding hydrogens is 350 g/mol. The zero-order chi connectivity index (χ0) is 18.5. The Hall–Kier alpha value is -2.08. The number of ether oxygens (including phenoxy) is 1. The van der Waals surface area contributed by atoms with E-state index in [0.717, 1.165) is 23.3 Å². The molecule has 1 aliphatic heterocycles. The molecule has 1 fully saturated rings. The maximum Gasteiger partial charge on any atom is 0.224 e. The molecule has 0 aliphatic carbocycles. The van der Waals surface area contributed by atoms with Gasteiger partial charge in [-0.2, -0.15) is 0 Å². The first-order valence-corrected chi connectivity index (χ1v) is 9.17. The summed E-state index contributed by atoms with van der Waals surface area (Å²) in [5.41, 5.74) is 8.55. The molecule has 6 heteroatoms. The molecule has 3 rings (SSSR count). The molecule has 0 radical (unpaired) electrons. The van der Waals surface area contributed by atoms with Crippen LogP contribution in [-0.4, -0.2) is 25.1 Å². The molecule has 1 saturated heterocycles. The molecule has 3 N–H and O–H groups in total. The third-order valence-electron chi connectivity index (χ3n) is 4.69. The van der Waals surface area contributed by atoms with Crippen molar-refractivity contribution in [2.45, 2.75) is 37.9 Å². The van der Waals surface area contributed by atoms with Gasteiger partial charge in [-0.15, -0.1) is 0 Å². The molecule has 0 spiro atoms. The van der Waals surface area contributed by atoms with Gasteiger partial charge in [0.2, 0.25) is 5.91 Å². The van der Waals surface area contributed by atoms with E-state index in [1.807, 2.05) is 48.5 Å². The Bertz CT molecular complexity index is 768. The van der Waals surface area contributed by atoms with Gasteiger partial charge in [0.25, 0.3) is 0 Å². The highest BCUT2D eigenvalue weighted by Crippen LogP contribution is 2.26. The molecule has 0 aromatic heterocycles. The van der Waals surface area contributed by atoms with Gasteiger partial charge in [0.05, 0.1) is 25.6 Å². The minimum absolute atomic E-state index is 0.0146. The van der Waals surface area contributed by atoms with Crippen LogP contribution in [-0.2, 0) is 11.2 Å². The Labute approximate surface area is 159 Å². The fourth-order valence-corrected chi connectivity index (χ4v) is 3.54. The number of methoxy groups -OCH3 is 1. The van der Waals surface area contributed by atoms with Crippen LogP contribution in [0.25, 0.3) is 0 Å². The number of nitrogens with one attached hydrogen (secondary N) is 3. The number of halogens is 1. The topological polar surface area (TPSA) is 62.4 Å². The van der Waals surface area contributed by atoms with Gasteiger partial charge in [-0.05, 0) is 41.8 Å². The lowest BCUT2D eigenvalue weighted by molar-refractivity contribution is -0.121. The van der Waals surface area contributed by atoms with Crippen molar-refractivity contribution in [1.82, 2.24) is 16.2 Å². The van der Waals surface area contributed by atoms with Crippen molar-refractivity contribution < 1.29 is 9.53 Å². The summed E-state index contributed by atoms with van der Waals surface area (Å²) in [4.78, 5) is 12.6. The zero-order valence-electron chi connectivity index (χ0n) is 15.0. The summed E-state index contributed by atoms with van der Waals surface area (Å²) in [6, 6.07) is 15.4. The lowest BCUT2D eigenvalue weighted by Gasteiger charge is -2.24. The number of hydrogen-bond acceptors (Lipinski definition) is 4. The van der Waals surface area contributed by atoms with Crippen LogP contribution >= 0.6 is 11.6 Å². The van der Waals surface area contributed by atoms with E-state index in [1.54, 1.807) is 7.11 Å². The number of hydrogen-bond donors (Lipinski definition) is 3. The van der Waals surface area contributed by atoms with Crippen LogP contribution in [0.15, 0.2) is 48.5 Å². The van der Waals surface area contributed by atoms with E-state index in [4.69, 9.17) is 16.3 Å². The second kappa shape index (κ2) is 8.54. The minimum atomic E-state index is -0.0587. The first kappa shape index (κ1) is 18.7. The summed E-state index contributed by atoms with van der Waals surface area (Å²) < 4.78 is 5.23. The van der Waals surface area contributed by atoms with Crippen molar-refractivity contribution in [2.75, 3.05) is 7.11 Å². The van der Waals surface area contributed by atoms with Crippen LogP contribution in [0.1, 0.15) is 30.5 Å². The second-order valence-electron chi connectivity index (χ2n) is 6.46. The molecule has 0 saturated carbocycles. The molecule has 3 unspecified atom stereocenters. The Balaban J connectivity index is 1.72. The molecule has 1 heterocycles. The van der Waals surface area contributed by atoms with Crippen LogP contribution in [0.2, 0.25) is 5.02 Å². The molecule has 26 heavy (non-hydrogen) atoms. The molecule has 3 atom stereocenters. The van der Waals surface area contributed by atoms with Gasteiger partial charge < -0.3 is 10.1 Å². The van der Waals surface area contributed by atoms with Gasteiger partial charge in [-0.1, -0.05) is 42.8 Å². The Morgan fingerprint density at radius 1 is 1.19 bits per heavy atom. The minimum Gasteiger partial charge on any atom is -0.497 e. The fourth-order valence-electron chi connectivity index (χ4n) is 3.34. The highest BCUT2D eigenvalue weighted by atomic mass is 35.5. The molecule has 2 aromatic rings. The quantitative estimate of drug-likeness (QED) is 0.728. The van der Waals surface area contributed by atoms with Crippen molar-refractivity contribution in [3.05, 3.63) is 64.7 Å². The molecule has 1 amide bonds. The van der Waals surface area contributed by atoms with Crippen molar-refractivity contribution in [2.24, 2.45) is 0 Å². The lowest BCUT2D eigenvalue weighted by Crippen LogP contribution is -2.45. The average Bonchev–Trinajstić information content (AvgIpc) is 3.04. The number of amides is 1. The number of benzene rings is 2. The molecule has 5 nitrogen and oxygen atoms in total. The largest absolute Gasteiger partial charge is 0.497 e. The lowest BCUT2D eigenvalue weighted by atomic mass is 9.95. The first-order valence-electron chi connectivity index (χ1n) is 8.79. The van der Waals surface area contributed by atoms with E-state index in [2.05, 4.69) is 23.1 Å². The summed E-state index contributed by atoms with van der Waals surface area (Å²) in [6.07, 6.45) is 1.21. The monoisotopic (exact) mass is 373 g/mol. The highest BCUT2D eigenvalue weighted by Gasteiger charge is 2.36. The van der Waals surface area contributed by atoms with Crippen LogP contribution in [0, 0.1) is 0 Å². The fraction of sp³-hybridized carbons (Fsp3) is 0.350. The van der Waals surface area contributed by atoms with Gasteiger partial charge in [-0.25, -0.2) is 5.43 Å². The Kier molecular flexibility index (Phi) is 6.14. The van der Waals surface area contributed by atoms with Crippen LogP contribution in [0.3, 0.4) is 0 Å². The van der Waals surface area contributed by atoms with Crippen LogP contribution < -0.4 is 20.9 Å². The average molecular weight is 374 g/mol. The zero-order valence-corrected chi connectivity index (χ0v) is 15.7. The molecule has 2 aromatic carbocycles. The van der Waals surface area contributed by atoms with Gasteiger partial charge in [0, 0.05) is 11.1 Å². The summed E-state index contributed by atoms with van der Waals surface area (Å²) in [6.45, 7) is 2.10. The first-order chi connectivity index (χ1) is 12.6. The van der Waals surface area contributed by atoms with Gasteiger partial charge >= 0.3 is 0 Å². The molecule has 138 valence electrons. The van der Waals surface area contributed by atoms with Crippen molar-refractivity contribution in [3.8, 4) is 5.75 Å². The summed E-state index contributed by atoms with van der Waals surface area (Å²) in [5, 5.41) is 3.87. The predicted octanol–water partition coefficient (Wildman–Crippen LogP) is 3.00. The maximum absolute atomic E-state index is 12.6. The smallest absolute Gasteiger partial charge is 0.224 e. The third kappa shape index (κ3) is 4.36. The Morgan fingerprint density at radius 3 is 2.73 bits per heavy atom. The standard InChI is InChI=1S/C20H24ClN3O2/c1-3-17-20(19(24-23-17)14-7-5-8-15(21)12-14)22-18(25)11-13-6-4-9-16(10-13)26-2/h4-10,12,17,19-20,23-24H,3,11H2,1-2H3,(H,22,25). The summed E-state index contributed by atoms with van der Waals surface area (Å²) in [7, 11) is 1.62. The van der Waals surface area contributed by atoms with E-state index >= 15 is 0 Å². The third-order valence-corrected chi connectivity index (χ3v) is 4.93. The highest BCUT2D eigenvalue weighted by molar-refractivity contribution is 6.30. The number of carbonyl (C=O) groups excluding carboxylic acids is 1. The molecular formula is C20H24ClN3O2. The van der Waals surface area contributed by atoms with E-state index in [1.165, 1.54) is 0 Å². The normalized spacial score (nSPS) is 22.2. The molecule has 1 aliphatic rings.